The Morgan fingerprint density at radius 3 is 2.75 bits per heavy atom. The van der Waals surface area contributed by atoms with E-state index >= 15 is 0 Å². The molecular weight excluding hydrogens is 365 g/mol. The lowest BCUT2D eigenvalue weighted by Crippen LogP contribution is -2.07. The van der Waals surface area contributed by atoms with Crippen molar-refractivity contribution in [3.8, 4) is 0 Å². The fraction of sp³-hybridized carbons (Fsp3) is 0.417. The van der Waals surface area contributed by atoms with Gasteiger partial charge in [-0.3, -0.25) is 0 Å². The van der Waals surface area contributed by atoms with E-state index in [-0.39, 0.29) is 0 Å². The fourth-order valence-corrected chi connectivity index (χ4v) is 4.15. The van der Waals surface area contributed by atoms with Crippen LogP contribution in [0.2, 0.25) is 0 Å². The number of hydrogen-bond donors (Lipinski definition) is 0. The summed E-state index contributed by atoms with van der Waals surface area (Å²) in [5.41, 5.74) is 3.64. The summed E-state index contributed by atoms with van der Waals surface area (Å²) < 4.78 is 14.5. The van der Waals surface area contributed by atoms with Gasteiger partial charge in [0.05, 0.1) is 0 Å². The summed E-state index contributed by atoms with van der Waals surface area (Å²) in [6, 6.07) is 0. The van der Waals surface area contributed by atoms with Gasteiger partial charge in [-0.05, 0) is 75.9 Å². The summed E-state index contributed by atoms with van der Waals surface area (Å²) in [7, 11) is 2.89. The molecule has 1 atom stereocenters. The summed E-state index contributed by atoms with van der Waals surface area (Å²) in [4.78, 5) is 0. The fourth-order valence-electron chi connectivity index (χ4n) is 3.02. The predicted molar refractivity (Wildman–Crippen MR) is 122 cm³/mol. The van der Waals surface area contributed by atoms with Crippen LogP contribution in [0.4, 0.5) is 0 Å². The molecule has 0 aromatic carbocycles. The zero-order valence-corrected chi connectivity index (χ0v) is 18.5. The molecule has 0 N–H and O–H groups in total. The lowest BCUT2D eigenvalue weighted by molar-refractivity contribution is 0.310. The number of allylic oxidation sites excluding steroid dienone is 11. The van der Waals surface area contributed by atoms with Gasteiger partial charge >= 0.3 is 8.53 Å². The van der Waals surface area contributed by atoms with Crippen molar-refractivity contribution in [2.24, 2.45) is 0 Å². The number of hydrogen-bond acceptors (Lipinski definition) is 3. The van der Waals surface area contributed by atoms with Crippen LogP contribution in [0.5, 0.6) is 0 Å². The van der Waals surface area contributed by atoms with E-state index in [0.29, 0.717) is 0 Å². The molecule has 0 saturated heterocycles. The zero-order valence-electron chi connectivity index (χ0n) is 17.6. The molecule has 3 nitrogen and oxygen atoms in total. The van der Waals surface area contributed by atoms with Crippen LogP contribution in [0.15, 0.2) is 83.9 Å². The van der Waals surface area contributed by atoms with Crippen LogP contribution in [0.1, 0.15) is 51.9 Å². The maximum absolute atomic E-state index is 6.28. The number of rotatable bonds is 8. The zero-order chi connectivity index (χ0) is 20.4. The van der Waals surface area contributed by atoms with E-state index in [4.69, 9.17) is 9.05 Å². The summed E-state index contributed by atoms with van der Waals surface area (Å²) in [5.74, 6) is 2.05. The highest BCUT2D eigenvalue weighted by Crippen LogP contribution is 2.49. The minimum Gasteiger partial charge on any atom is -0.432 e. The third kappa shape index (κ3) is 7.30. The number of unbranched alkanes of at least 4 members (excludes halogenated alkanes) is 2. The van der Waals surface area contributed by atoms with Gasteiger partial charge in [0.2, 0.25) is 0 Å². The first-order valence-corrected chi connectivity index (χ1v) is 11.2. The third-order valence-corrected chi connectivity index (χ3v) is 6.11. The van der Waals surface area contributed by atoms with E-state index in [0.717, 1.165) is 56.5 Å². The molecule has 0 aromatic heterocycles. The molecule has 1 unspecified atom stereocenters. The standard InChI is InChI=1S/C24H34NO2P/c1-6-7-8-9-10-11-16-24-21(3)19-23(26-28(27-24)25(4)5)18-17-22-15-13-12-14-20(22)2/h6-8,13,15,17-18H,1-2,9-12,14,16,19H2,3-5H3/b8-7-,22-17-,23-18+. The van der Waals surface area contributed by atoms with E-state index < -0.39 is 8.53 Å². The lowest BCUT2D eigenvalue weighted by atomic mass is 9.96. The summed E-state index contributed by atoms with van der Waals surface area (Å²) in [5, 5.41) is 0. The second kappa shape index (κ2) is 11.9. The summed E-state index contributed by atoms with van der Waals surface area (Å²) in [6.45, 7) is 10.0. The topological polar surface area (TPSA) is 21.7 Å². The Morgan fingerprint density at radius 1 is 1.21 bits per heavy atom. The third-order valence-electron chi connectivity index (χ3n) is 4.69. The average Bonchev–Trinajstić information content (AvgIpc) is 2.83. The van der Waals surface area contributed by atoms with Crippen molar-refractivity contribution >= 4 is 8.53 Å². The van der Waals surface area contributed by atoms with Crippen molar-refractivity contribution in [1.82, 2.24) is 4.67 Å². The van der Waals surface area contributed by atoms with E-state index in [1.807, 2.05) is 30.9 Å². The maximum Gasteiger partial charge on any atom is 0.383 e. The second-order valence-corrected chi connectivity index (χ2v) is 9.00. The predicted octanol–water partition coefficient (Wildman–Crippen LogP) is 7.50. The van der Waals surface area contributed by atoms with Gasteiger partial charge in [-0.15, -0.1) is 0 Å². The van der Waals surface area contributed by atoms with Crippen LogP contribution < -0.4 is 0 Å². The maximum atomic E-state index is 6.28. The highest BCUT2D eigenvalue weighted by atomic mass is 31.2. The second-order valence-electron chi connectivity index (χ2n) is 7.36. The molecule has 0 aromatic rings. The smallest absolute Gasteiger partial charge is 0.383 e. The molecule has 4 heteroatoms. The molecule has 1 aliphatic carbocycles. The van der Waals surface area contributed by atoms with Gasteiger partial charge in [0.1, 0.15) is 11.5 Å². The molecule has 28 heavy (non-hydrogen) atoms. The van der Waals surface area contributed by atoms with Crippen molar-refractivity contribution in [3.63, 3.8) is 0 Å². The lowest BCUT2D eigenvalue weighted by Gasteiger charge is -2.23. The Morgan fingerprint density at radius 2 is 2.04 bits per heavy atom. The van der Waals surface area contributed by atoms with Crippen molar-refractivity contribution in [2.75, 3.05) is 14.1 Å². The van der Waals surface area contributed by atoms with Crippen molar-refractivity contribution in [1.29, 1.82) is 0 Å². The van der Waals surface area contributed by atoms with Gasteiger partial charge in [0.25, 0.3) is 0 Å². The van der Waals surface area contributed by atoms with E-state index in [1.54, 1.807) is 0 Å². The van der Waals surface area contributed by atoms with Crippen LogP contribution in [-0.2, 0) is 9.05 Å². The van der Waals surface area contributed by atoms with Crippen molar-refractivity contribution in [2.45, 2.75) is 51.9 Å². The van der Waals surface area contributed by atoms with Gasteiger partial charge in [-0.1, -0.05) is 49.6 Å². The molecule has 0 radical (unpaired) electrons. The van der Waals surface area contributed by atoms with Crippen LogP contribution in [-0.4, -0.2) is 18.8 Å². The summed E-state index contributed by atoms with van der Waals surface area (Å²) >= 11 is 0. The van der Waals surface area contributed by atoms with E-state index in [2.05, 4.69) is 50.5 Å². The number of nitrogens with zero attached hydrogens (tertiary/aromatic N) is 1. The molecule has 2 rings (SSSR count). The molecule has 0 amide bonds. The SMILES string of the molecule is C=C/C=C\CCCCC1=C(C)C/C(=C\C=C2\C=CCCC2=C)OP(N(C)C)O1. The molecule has 0 bridgehead atoms. The molecule has 2 aliphatic rings. The Labute approximate surface area is 172 Å². The van der Waals surface area contributed by atoms with Crippen molar-refractivity contribution in [3.05, 3.63) is 83.9 Å². The molecular formula is C24H34NO2P. The highest BCUT2D eigenvalue weighted by molar-refractivity contribution is 7.44. The van der Waals surface area contributed by atoms with E-state index in [9.17, 15) is 0 Å². The van der Waals surface area contributed by atoms with Gasteiger partial charge in [-0.2, -0.15) is 0 Å². The Bertz CT molecular complexity index is 710. The molecule has 0 saturated carbocycles. The highest BCUT2D eigenvalue weighted by Gasteiger charge is 2.25. The minimum atomic E-state index is -1.12. The largest absolute Gasteiger partial charge is 0.432 e. The quantitative estimate of drug-likeness (QED) is 0.239. The molecule has 1 aliphatic heterocycles. The Balaban J connectivity index is 2.08. The molecule has 0 fully saturated rings. The van der Waals surface area contributed by atoms with Gasteiger partial charge in [0, 0.05) is 12.8 Å². The average molecular weight is 400 g/mol. The van der Waals surface area contributed by atoms with Crippen molar-refractivity contribution < 1.29 is 9.05 Å². The first kappa shape index (κ1) is 22.5. The van der Waals surface area contributed by atoms with Gasteiger partial charge in [0.15, 0.2) is 0 Å². The van der Waals surface area contributed by atoms with Crippen LogP contribution in [0.3, 0.4) is 0 Å². The van der Waals surface area contributed by atoms with Gasteiger partial charge < -0.3 is 9.05 Å². The van der Waals surface area contributed by atoms with Crippen LogP contribution in [0, 0.1) is 0 Å². The normalized spacial score (nSPS) is 23.4. The first-order chi connectivity index (χ1) is 13.5. The Hall–Kier alpha value is -1.83. The molecule has 152 valence electrons. The molecule has 0 spiro atoms. The Kier molecular flexibility index (Phi) is 9.54. The van der Waals surface area contributed by atoms with Crippen LogP contribution in [0.25, 0.3) is 0 Å². The summed E-state index contributed by atoms with van der Waals surface area (Å²) in [6.07, 6.45) is 21.8. The van der Waals surface area contributed by atoms with Crippen LogP contribution >= 0.6 is 8.53 Å². The van der Waals surface area contributed by atoms with Gasteiger partial charge in [-0.25, -0.2) is 4.67 Å². The van der Waals surface area contributed by atoms with E-state index in [1.165, 1.54) is 16.7 Å². The minimum absolute atomic E-state index is 0.790. The monoisotopic (exact) mass is 399 g/mol. The first-order valence-electron chi connectivity index (χ1n) is 10.1. The molecule has 1 heterocycles.